The zero-order valence-corrected chi connectivity index (χ0v) is 13.4. The lowest BCUT2D eigenvalue weighted by Gasteiger charge is -2.26. The van der Waals surface area contributed by atoms with Crippen LogP contribution in [0, 0.1) is 10.1 Å². The summed E-state index contributed by atoms with van der Waals surface area (Å²) in [5.41, 5.74) is 0.224. The lowest BCUT2D eigenvalue weighted by atomic mass is 10.1. The molecule has 1 heterocycles. The van der Waals surface area contributed by atoms with Gasteiger partial charge in [0.1, 0.15) is 5.57 Å². The van der Waals surface area contributed by atoms with Crippen molar-refractivity contribution >= 4 is 29.6 Å². The van der Waals surface area contributed by atoms with E-state index < -0.39 is 22.8 Å². The van der Waals surface area contributed by atoms with Crippen molar-refractivity contribution in [2.45, 2.75) is 6.54 Å². The fraction of sp³-hybridized carbons (Fsp3) is 0.0556. The molecule has 8 nitrogen and oxygen atoms in total. The molecule has 8 heteroatoms. The number of carbonyl (C=O) groups is 3. The van der Waals surface area contributed by atoms with Gasteiger partial charge in [-0.3, -0.25) is 29.9 Å². The molecule has 2 aromatic carbocycles. The molecular formula is C18H13N3O5. The number of amides is 4. The fourth-order valence-corrected chi connectivity index (χ4v) is 2.53. The van der Waals surface area contributed by atoms with Crippen molar-refractivity contribution in [3.63, 3.8) is 0 Å². The fourth-order valence-electron chi connectivity index (χ4n) is 2.53. The Bertz CT molecular complexity index is 937. The SMILES string of the molecule is O=C1NC(=O)N(Cc2ccccc2)C(=O)/C1=C/c1ccccc1[N+](=O)[O-]. The highest BCUT2D eigenvalue weighted by molar-refractivity contribution is 6.31. The van der Waals surface area contributed by atoms with E-state index in [1.807, 2.05) is 0 Å². The number of hydrogen-bond acceptors (Lipinski definition) is 5. The number of carbonyl (C=O) groups excluding carboxylic acids is 3. The van der Waals surface area contributed by atoms with Crippen LogP contribution in [-0.2, 0) is 16.1 Å². The molecule has 4 amide bonds. The minimum absolute atomic E-state index is 0.0208. The van der Waals surface area contributed by atoms with E-state index in [0.29, 0.717) is 5.56 Å². The largest absolute Gasteiger partial charge is 0.331 e. The Morgan fingerprint density at radius 1 is 1.00 bits per heavy atom. The van der Waals surface area contributed by atoms with E-state index in [9.17, 15) is 24.5 Å². The highest BCUT2D eigenvalue weighted by Crippen LogP contribution is 2.23. The average Bonchev–Trinajstić information content (AvgIpc) is 2.63. The first-order valence-electron chi connectivity index (χ1n) is 7.63. The Balaban J connectivity index is 1.97. The van der Waals surface area contributed by atoms with Gasteiger partial charge in [0.15, 0.2) is 0 Å². The molecule has 0 saturated carbocycles. The second-order valence-corrected chi connectivity index (χ2v) is 5.51. The minimum Gasteiger partial charge on any atom is -0.273 e. The maximum Gasteiger partial charge on any atom is 0.331 e. The Kier molecular flexibility index (Phi) is 4.57. The number of nitro groups is 1. The van der Waals surface area contributed by atoms with Crippen molar-refractivity contribution < 1.29 is 19.3 Å². The third-order valence-corrected chi connectivity index (χ3v) is 3.80. The standard InChI is InChI=1S/C18H13N3O5/c22-16-14(10-13-8-4-5-9-15(13)21(25)26)17(23)20(18(24)19-16)11-12-6-2-1-3-7-12/h1-10H,11H2,(H,19,22,24)/b14-10+. The summed E-state index contributed by atoms with van der Waals surface area (Å²) in [6, 6.07) is 13.7. The van der Waals surface area contributed by atoms with Crippen LogP contribution < -0.4 is 5.32 Å². The third-order valence-electron chi connectivity index (χ3n) is 3.80. The summed E-state index contributed by atoms with van der Waals surface area (Å²) in [7, 11) is 0. The third kappa shape index (κ3) is 3.34. The predicted octanol–water partition coefficient (Wildman–Crippen LogP) is 2.26. The van der Waals surface area contributed by atoms with E-state index >= 15 is 0 Å². The quantitative estimate of drug-likeness (QED) is 0.393. The summed E-state index contributed by atoms with van der Waals surface area (Å²) in [6.07, 6.45) is 1.13. The minimum atomic E-state index is -0.887. The molecule has 0 radical (unpaired) electrons. The molecule has 1 N–H and O–H groups in total. The van der Waals surface area contributed by atoms with Crippen LogP contribution in [0.2, 0.25) is 0 Å². The number of nitro benzene ring substituents is 1. The van der Waals surface area contributed by atoms with Gasteiger partial charge < -0.3 is 0 Å². The monoisotopic (exact) mass is 351 g/mol. The number of barbiturate groups is 1. The number of nitrogens with one attached hydrogen (secondary N) is 1. The Morgan fingerprint density at radius 2 is 1.65 bits per heavy atom. The van der Waals surface area contributed by atoms with E-state index in [1.54, 1.807) is 36.4 Å². The second kappa shape index (κ2) is 6.98. The van der Waals surface area contributed by atoms with E-state index in [4.69, 9.17) is 0 Å². The van der Waals surface area contributed by atoms with Crippen LogP contribution in [-0.4, -0.2) is 27.7 Å². The van der Waals surface area contributed by atoms with E-state index in [1.165, 1.54) is 18.2 Å². The van der Waals surface area contributed by atoms with Crippen LogP contribution in [0.3, 0.4) is 0 Å². The van der Waals surface area contributed by atoms with Gasteiger partial charge >= 0.3 is 6.03 Å². The molecule has 0 aliphatic carbocycles. The molecule has 1 aliphatic heterocycles. The van der Waals surface area contributed by atoms with Gasteiger partial charge in [-0.1, -0.05) is 42.5 Å². The van der Waals surface area contributed by atoms with E-state index in [2.05, 4.69) is 5.32 Å². The van der Waals surface area contributed by atoms with Crippen LogP contribution in [0.5, 0.6) is 0 Å². The number of imide groups is 2. The summed E-state index contributed by atoms with van der Waals surface area (Å²) in [6.45, 7) is -0.0208. The van der Waals surface area contributed by atoms with E-state index in [-0.39, 0.29) is 23.4 Å². The zero-order valence-electron chi connectivity index (χ0n) is 13.4. The number of rotatable bonds is 4. The number of hydrogen-bond donors (Lipinski definition) is 1. The molecule has 2 aromatic rings. The Hall–Kier alpha value is -3.81. The average molecular weight is 351 g/mol. The van der Waals surface area contributed by atoms with Crippen LogP contribution in [0.4, 0.5) is 10.5 Å². The normalized spacial score (nSPS) is 15.9. The van der Waals surface area contributed by atoms with Gasteiger partial charge in [0.25, 0.3) is 17.5 Å². The summed E-state index contributed by atoms with van der Waals surface area (Å²) in [4.78, 5) is 48.1. The Labute approximate surface area is 147 Å². The number of urea groups is 1. The molecular weight excluding hydrogens is 338 g/mol. The summed E-state index contributed by atoms with van der Waals surface area (Å²) < 4.78 is 0. The molecule has 0 spiro atoms. The van der Waals surface area contributed by atoms with Gasteiger partial charge in [0.2, 0.25) is 0 Å². The van der Waals surface area contributed by atoms with Crippen molar-refractivity contribution in [2.75, 3.05) is 0 Å². The van der Waals surface area contributed by atoms with Gasteiger partial charge in [0, 0.05) is 6.07 Å². The molecule has 0 aromatic heterocycles. The summed E-state index contributed by atoms with van der Waals surface area (Å²) in [5, 5.41) is 13.2. The van der Waals surface area contributed by atoms with Crippen LogP contribution in [0.15, 0.2) is 60.2 Å². The zero-order chi connectivity index (χ0) is 18.7. The van der Waals surface area contributed by atoms with Crippen LogP contribution in [0.1, 0.15) is 11.1 Å². The van der Waals surface area contributed by atoms with Gasteiger partial charge in [-0.2, -0.15) is 0 Å². The molecule has 0 atom stereocenters. The molecule has 0 bridgehead atoms. The smallest absolute Gasteiger partial charge is 0.273 e. The van der Waals surface area contributed by atoms with Crippen molar-refractivity contribution in [1.82, 2.24) is 10.2 Å². The molecule has 1 fully saturated rings. The topological polar surface area (TPSA) is 110 Å². The van der Waals surface area contributed by atoms with Gasteiger partial charge in [0.05, 0.1) is 17.0 Å². The first-order valence-corrected chi connectivity index (χ1v) is 7.63. The molecule has 1 aliphatic rings. The van der Waals surface area contributed by atoms with Gasteiger partial charge in [-0.25, -0.2) is 4.79 Å². The lowest BCUT2D eigenvalue weighted by molar-refractivity contribution is -0.385. The van der Waals surface area contributed by atoms with Gasteiger partial charge in [-0.15, -0.1) is 0 Å². The first-order chi connectivity index (χ1) is 12.5. The number of benzene rings is 2. The molecule has 3 rings (SSSR count). The van der Waals surface area contributed by atoms with Crippen LogP contribution >= 0.6 is 0 Å². The molecule has 130 valence electrons. The van der Waals surface area contributed by atoms with Crippen molar-refractivity contribution in [3.8, 4) is 0 Å². The van der Waals surface area contributed by atoms with Crippen molar-refractivity contribution in [2.24, 2.45) is 0 Å². The predicted molar refractivity (Wildman–Crippen MR) is 91.6 cm³/mol. The molecule has 0 unspecified atom stereocenters. The first kappa shape index (κ1) is 17.0. The summed E-state index contributed by atoms with van der Waals surface area (Å²) in [5.74, 6) is -1.69. The highest BCUT2D eigenvalue weighted by Gasteiger charge is 2.36. The maximum atomic E-state index is 12.6. The Morgan fingerprint density at radius 3 is 2.35 bits per heavy atom. The van der Waals surface area contributed by atoms with Gasteiger partial charge in [-0.05, 0) is 17.7 Å². The molecule has 1 saturated heterocycles. The van der Waals surface area contributed by atoms with Crippen LogP contribution in [0.25, 0.3) is 6.08 Å². The highest BCUT2D eigenvalue weighted by atomic mass is 16.6. The van der Waals surface area contributed by atoms with Crippen molar-refractivity contribution in [3.05, 3.63) is 81.4 Å². The lowest BCUT2D eigenvalue weighted by Crippen LogP contribution is -2.53. The van der Waals surface area contributed by atoms with Crippen molar-refractivity contribution in [1.29, 1.82) is 0 Å². The maximum absolute atomic E-state index is 12.6. The van der Waals surface area contributed by atoms with E-state index in [0.717, 1.165) is 11.0 Å². The number of nitrogens with zero attached hydrogens (tertiary/aromatic N) is 2. The summed E-state index contributed by atoms with van der Waals surface area (Å²) >= 11 is 0. The number of para-hydroxylation sites is 1. The second-order valence-electron chi connectivity index (χ2n) is 5.51. The molecule has 26 heavy (non-hydrogen) atoms.